The van der Waals surface area contributed by atoms with Crippen molar-refractivity contribution in [1.82, 2.24) is 14.2 Å². The van der Waals surface area contributed by atoms with Crippen molar-refractivity contribution in [2.45, 2.75) is 53.5 Å². The van der Waals surface area contributed by atoms with E-state index < -0.39 is 6.04 Å². The number of hydrogen-bond donors (Lipinski definition) is 0. The van der Waals surface area contributed by atoms with Gasteiger partial charge in [0, 0.05) is 27.7 Å². The smallest absolute Gasteiger partial charge is 0.328 e. The zero-order valence-corrected chi connectivity index (χ0v) is 25.1. The molecule has 8 heteroatoms. The van der Waals surface area contributed by atoms with Gasteiger partial charge in [-0.05, 0) is 75.1 Å². The van der Waals surface area contributed by atoms with Crippen LogP contribution in [0.25, 0.3) is 33.2 Å². The van der Waals surface area contributed by atoms with Gasteiger partial charge in [0.1, 0.15) is 11.8 Å². The Morgan fingerprint density at radius 1 is 1.02 bits per heavy atom. The summed E-state index contributed by atoms with van der Waals surface area (Å²) >= 11 is 0. The van der Waals surface area contributed by atoms with E-state index in [0.29, 0.717) is 23.3 Å². The van der Waals surface area contributed by atoms with Gasteiger partial charge in [0.25, 0.3) is 5.56 Å². The van der Waals surface area contributed by atoms with Gasteiger partial charge in [0.05, 0.1) is 30.8 Å². The van der Waals surface area contributed by atoms with Crippen molar-refractivity contribution in [2.24, 2.45) is 5.10 Å². The Balaban J connectivity index is 1.76. The van der Waals surface area contributed by atoms with Crippen LogP contribution < -0.4 is 10.3 Å². The number of carbonyl (C=O) groups excluding carboxylic acids is 1. The number of para-hydroxylation sites is 2. The van der Waals surface area contributed by atoms with E-state index in [-0.39, 0.29) is 17.4 Å². The molecule has 3 aromatic carbocycles. The molecule has 0 aliphatic heterocycles. The van der Waals surface area contributed by atoms with Gasteiger partial charge in [-0.1, -0.05) is 44.2 Å². The Morgan fingerprint density at radius 3 is 2.40 bits per heavy atom. The predicted octanol–water partition coefficient (Wildman–Crippen LogP) is 6.77. The number of esters is 1. The quantitative estimate of drug-likeness (QED) is 0.153. The molecule has 0 aliphatic rings. The number of benzene rings is 3. The average molecular weight is 565 g/mol. The van der Waals surface area contributed by atoms with E-state index in [1.54, 1.807) is 12.3 Å². The lowest BCUT2D eigenvalue weighted by atomic mass is 9.96. The molecule has 0 spiro atoms. The molecular weight excluding hydrogens is 528 g/mol. The summed E-state index contributed by atoms with van der Waals surface area (Å²) in [4.78, 5) is 31.4. The van der Waals surface area contributed by atoms with Crippen molar-refractivity contribution in [2.75, 3.05) is 13.7 Å². The molecule has 0 saturated carbocycles. The van der Waals surface area contributed by atoms with Crippen molar-refractivity contribution in [3.8, 4) is 17.1 Å². The first kappa shape index (κ1) is 28.8. The van der Waals surface area contributed by atoms with Gasteiger partial charge in [-0.25, -0.2) is 9.78 Å². The van der Waals surface area contributed by atoms with Gasteiger partial charge in [-0.3, -0.25) is 4.79 Å². The number of ether oxygens (including phenoxy) is 2. The third-order valence-electron chi connectivity index (χ3n) is 7.71. The standard InChI is InChI=1S/C34H36N4O4/c1-8-42-31-17-21(4)27(18-26(31)20(2)3)32-36-29-15-11-9-14-25(29)33(39)38(32)35-19-28-22(5)37(23(6)34(40)41-7)30-16-12-10-13-24(28)30/h9-20,23H,8H2,1-7H3/t23-/m1/s1. The van der Waals surface area contributed by atoms with Crippen molar-refractivity contribution >= 4 is 34.0 Å². The fourth-order valence-corrected chi connectivity index (χ4v) is 5.55. The minimum Gasteiger partial charge on any atom is -0.494 e. The summed E-state index contributed by atoms with van der Waals surface area (Å²) in [5.74, 6) is 1.13. The number of carbonyl (C=O) groups is 1. The summed E-state index contributed by atoms with van der Waals surface area (Å²) in [6.07, 6.45) is 1.69. The van der Waals surface area contributed by atoms with Gasteiger partial charge >= 0.3 is 5.97 Å². The molecule has 0 unspecified atom stereocenters. The fourth-order valence-electron chi connectivity index (χ4n) is 5.55. The molecule has 2 heterocycles. The largest absolute Gasteiger partial charge is 0.494 e. The summed E-state index contributed by atoms with van der Waals surface area (Å²) < 4.78 is 14.3. The number of aryl methyl sites for hydroxylation is 1. The van der Waals surface area contributed by atoms with E-state index in [1.165, 1.54) is 11.8 Å². The Bertz CT molecular complexity index is 1900. The van der Waals surface area contributed by atoms with Crippen LogP contribution in [0, 0.1) is 13.8 Å². The minimum absolute atomic E-state index is 0.195. The molecule has 5 rings (SSSR count). The van der Waals surface area contributed by atoms with E-state index in [0.717, 1.165) is 44.6 Å². The Kier molecular flexibility index (Phi) is 7.98. The molecule has 0 aliphatic carbocycles. The van der Waals surface area contributed by atoms with Crippen LogP contribution in [0.4, 0.5) is 0 Å². The monoisotopic (exact) mass is 564 g/mol. The average Bonchev–Trinajstić information content (AvgIpc) is 3.26. The molecule has 0 saturated heterocycles. The second-order valence-electron chi connectivity index (χ2n) is 10.7. The van der Waals surface area contributed by atoms with Crippen molar-refractivity contribution in [3.63, 3.8) is 0 Å². The molecule has 0 N–H and O–H groups in total. The molecule has 216 valence electrons. The molecule has 0 bridgehead atoms. The van der Waals surface area contributed by atoms with E-state index in [1.807, 2.05) is 80.8 Å². The zero-order chi connectivity index (χ0) is 30.1. The van der Waals surface area contributed by atoms with Gasteiger partial charge in [-0.15, -0.1) is 0 Å². The zero-order valence-electron chi connectivity index (χ0n) is 25.1. The van der Waals surface area contributed by atoms with Crippen LogP contribution in [0.2, 0.25) is 0 Å². The summed E-state index contributed by atoms with van der Waals surface area (Å²) in [6, 6.07) is 18.7. The molecule has 0 radical (unpaired) electrons. The lowest BCUT2D eigenvalue weighted by molar-refractivity contribution is -0.143. The van der Waals surface area contributed by atoms with Gasteiger partial charge < -0.3 is 14.0 Å². The predicted molar refractivity (Wildman–Crippen MR) is 168 cm³/mol. The maximum atomic E-state index is 14.0. The van der Waals surface area contributed by atoms with Gasteiger partial charge in [0.15, 0.2) is 5.82 Å². The van der Waals surface area contributed by atoms with Crippen LogP contribution in [-0.2, 0) is 9.53 Å². The first-order valence-electron chi connectivity index (χ1n) is 14.2. The Morgan fingerprint density at radius 2 is 1.71 bits per heavy atom. The van der Waals surface area contributed by atoms with Crippen molar-refractivity contribution < 1.29 is 14.3 Å². The third-order valence-corrected chi connectivity index (χ3v) is 7.71. The highest BCUT2D eigenvalue weighted by Crippen LogP contribution is 2.34. The van der Waals surface area contributed by atoms with Crippen LogP contribution in [-0.4, -0.2) is 40.1 Å². The number of hydrogen-bond acceptors (Lipinski definition) is 6. The van der Waals surface area contributed by atoms with Crippen LogP contribution in [0.5, 0.6) is 5.75 Å². The van der Waals surface area contributed by atoms with Gasteiger partial charge in [-0.2, -0.15) is 9.78 Å². The molecular formula is C34H36N4O4. The highest BCUT2D eigenvalue weighted by atomic mass is 16.5. The lowest BCUT2D eigenvalue weighted by Gasteiger charge is -2.18. The second-order valence-corrected chi connectivity index (χ2v) is 10.7. The normalized spacial score (nSPS) is 12.5. The summed E-state index contributed by atoms with van der Waals surface area (Å²) in [5, 5.41) is 6.17. The van der Waals surface area contributed by atoms with E-state index >= 15 is 0 Å². The minimum atomic E-state index is -0.538. The van der Waals surface area contributed by atoms with Gasteiger partial charge in [0.2, 0.25) is 0 Å². The van der Waals surface area contributed by atoms with E-state index in [2.05, 4.69) is 19.9 Å². The molecule has 5 aromatic rings. The highest BCUT2D eigenvalue weighted by molar-refractivity contribution is 6.02. The van der Waals surface area contributed by atoms with Crippen LogP contribution >= 0.6 is 0 Å². The van der Waals surface area contributed by atoms with Crippen LogP contribution in [0.1, 0.15) is 62.0 Å². The maximum Gasteiger partial charge on any atom is 0.328 e. The third kappa shape index (κ3) is 4.98. The number of nitrogens with zero attached hydrogens (tertiary/aromatic N) is 4. The molecule has 0 amide bonds. The number of rotatable bonds is 8. The molecule has 1 atom stereocenters. The molecule has 8 nitrogen and oxygen atoms in total. The van der Waals surface area contributed by atoms with Crippen LogP contribution in [0.15, 0.2) is 70.6 Å². The SMILES string of the molecule is CCOc1cc(C)c(-c2nc3ccccc3c(=O)n2N=Cc2c(C)n([C@H](C)C(=O)OC)c3ccccc23)cc1C(C)C. The number of aromatic nitrogens is 3. The summed E-state index contributed by atoms with van der Waals surface area (Å²) in [7, 11) is 1.39. The Hall–Kier alpha value is -4.72. The van der Waals surface area contributed by atoms with E-state index in [4.69, 9.17) is 19.6 Å². The Labute approximate surface area is 245 Å². The maximum absolute atomic E-state index is 14.0. The summed E-state index contributed by atoms with van der Waals surface area (Å²) in [5.41, 5.74) is 5.61. The topological polar surface area (TPSA) is 87.7 Å². The number of methoxy groups -OCH3 is 1. The van der Waals surface area contributed by atoms with Crippen molar-refractivity contribution in [1.29, 1.82) is 0 Å². The number of fused-ring (bicyclic) bond motifs is 2. The summed E-state index contributed by atoms with van der Waals surface area (Å²) in [6.45, 7) is 12.5. The fraction of sp³-hybridized carbons (Fsp3) is 0.294. The molecule has 0 fully saturated rings. The first-order chi connectivity index (χ1) is 20.2. The second kappa shape index (κ2) is 11.6. The van der Waals surface area contributed by atoms with E-state index in [9.17, 15) is 9.59 Å². The highest BCUT2D eigenvalue weighted by Gasteiger charge is 2.23. The molecule has 2 aromatic heterocycles. The first-order valence-corrected chi connectivity index (χ1v) is 14.2. The van der Waals surface area contributed by atoms with Crippen LogP contribution in [0.3, 0.4) is 0 Å². The van der Waals surface area contributed by atoms with Crippen molar-refractivity contribution in [3.05, 3.63) is 93.4 Å². The molecule has 42 heavy (non-hydrogen) atoms. The lowest BCUT2D eigenvalue weighted by Crippen LogP contribution is -2.21.